The number of rotatable bonds is 7. The molecule has 1 fully saturated rings. The molecule has 2 aromatic rings. The number of nitrogens with one attached hydrogen (secondary N) is 1. The first-order valence-corrected chi connectivity index (χ1v) is 10.4. The molecule has 0 radical (unpaired) electrons. The lowest BCUT2D eigenvalue weighted by atomic mass is 9.98. The number of ether oxygens (including phenoxy) is 2. The van der Waals surface area contributed by atoms with Crippen molar-refractivity contribution in [3.05, 3.63) is 59.8 Å². The van der Waals surface area contributed by atoms with Gasteiger partial charge in [-0.05, 0) is 31.4 Å². The number of nitrogens with zero attached hydrogens (tertiary/aromatic N) is 3. The van der Waals surface area contributed by atoms with Gasteiger partial charge in [0.25, 0.3) is 0 Å². The average molecular weight is 411 g/mol. The summed E-state index contributed by atoms with van der Waals surface area (Å²) in [5, 5.41) is 3.39. The van der Waals surface area contributed by atoms with Gasteiger partial charge >= 0.3 is 5.97 Å². The van der Waals surface area contributed by atoms with Gasteiger partial charge in [0, 0.05) is 38.4 Å². The Balaban J connectivity index is 1.59. The largest absolute Gasteiger partial charge is 0.473 e. The first-order valence-electron chi connectivity index (χ1n) is 10.4. The molecule has 1 aliphatic heterocycles. The van der Waals surface area contributed by atoms with Gasteiger partial charge in [-0.3, -0.25) is 9.79 Å². The van der Waals surface area contributed by atoms with E-state index in [0.29, 0.717) is 32.2 Å². The van der Waals surface area contributed by atoms with Crippen LogP contribution in [0.1, 0.15) is 30.9 Å². The van der Waals surface area contributed by atoms with E-state index in [1.54, 1.807) is 13.2 Å². The number of aliphatic imine (C=N–C) groups is 1. The first kappa shape index (κ1) is 21.6. The van der Waals surface area contributed by atoms with Crippen molar-refractivity contribution in [3.8, 4) is 5.88 Å². The van der Waals surface area contributed by atoms with E-state index in [1.807, 2.05) is 49.4 Å². The predicted octanol–water partition coefficient (Wildman–Crippen LogP) is 3.01. The standard InChI is InChI=1S/C23H30N4O3/c1-3-29-22(28)20-12-8-14-27(16-20)23(24-2)26-15-19-11-7-13-25-21(19)30-17-18-9-5-4-6-10-18/h4-7,9-11,13,20H,3,8,12,14-17H2,1-2H3,(H,24,26). The number of carbonyl (C=O) groups is 1. The Morgan fingerprint density at radius 1 is 1.27 bits per heavy atom. The molecule has 0 aliphatic carbocycles. The molecule has 2 heterocycles. The SMILES string of the molecule is CCOC(=O)C1CCCN(C(=NC)NCc2cccnc2OCc2ccccc2)C1. The van der Waals surface area contributed by atoms with Gasteiger partial charge in [0.05, 0.1) is 12.5 Å². The van der Waals surface area contributed by atoms with Crippen LogP contribution in [-0.4, -0.2) is 48.6 Å². The minimum absolute atomic E-state index is 0.111. The molecule has 1 atom stereocenters. The quantitative estimate of drug-likeness (QED) is 0.430. The van der Waals surface area contributed by atoms with Crippen molar-refractivity contribution in [1.29, 1.82) is 0 Å². The van der Waals surface area contributed by atoms with Crippen LogP contribution in [0.3, 0.4) is 0 Å². The summed E-state index contributed by atoms with van der Waals surface area (Å²) in [6, 6.07) is 13.9. The van der Waals surface area contributed by atoms with E-state index in [4.69, 9.17) is 9.47 Å². The zero-order valence-corrected chi connectivity index (χ0v) is 17.7. The molecule has 1 aromatic carbocycles. The van der Waals surface area contributed by atoms with Crippen molar-refractivity contribution in [1.82, 2.24) is 15.2 Å². The zero-order chi connectivity index (χ0) is 21.2. The molecular weight excluding hydrogens is 380 g/mol. The third-order valence-corrected chi connectivity index (χ3v) is 5.06. The van der Waals surface area contributed by atoms with E-state index in [2.05, 4.69) is 20.2 Å². The highest BCUT2D eigenvalue weighted by molar-refractivity contribution is 5.81. The minimum Gasteiger partial charge on any atom is -0.473 e. The van der Waals surface area contributed by atoms with E-state index in [1.165, 1.54) is 0 Å². The minimum atomic E-state index is -0.124. The molecular formula is C23H30N4O3. The van der Waals surface area contributed by atoms with Crippen LogP contribution in [0.2, 0.25) is 0 Å². The second-order valence-corrected chi connectivity index (χ2v) is 7.18. The van der Waals surface area contributed by atoms with E-state index >= 15 is 0 Å². The maximum absolute atomic E-state index is 12.1. The number of aromatic nitrogens is 1. The van der Waals surface area contributed by atoms with E-state index in [0.717, 1.165) is 36.5 Å². The Morgan fingerprint density at radius 3 is 2.87 bits per heavy atom. The van der Waals surface area contributed by atoms with Gasteiger partial charge in [-0.15, -0.1) is 0 Å². The van der Waals surface area contributed by atoms with Gasteiger partial charge in [0.15, 0.2) is 5.96 Å². The third kappa shape index (κ3) is 5.95. The van der Waals surface area contributed by atoms with Crippen molar-refractivity contribution in [2.45, 2.75) is 32.9 Å². The van der Waals surface area contributed by atoms with Crippen LogP contribution >= 0.6 is 0 Å². The molecule has 1 aliphatic rings. The van der Waals surface area contributed by atoms with E-state index < -0.39 is 0 Å². The predicted molar refractivity (Wildman–Crippen MR) is 116 cm³/mol. The molecule has 30 heavy (non-hydrogen) atoms. The smallest absolute Gasteiger partial charge is 0.310 e. The van der Waals surface area contributed by atoms with Crippen molar-refractivity contribution >= 4 is 11.9 Å². The van der Waals surface area contributed by atoms with Crippen molar-refractivity contribution in [2.75, 3.05) is 26.7 Å². The zero-order valence-electron chi connectivity index (χ0n) is 17.7. The van der Waals surface area contributed by atoms with Gasteiger partial charge < -0.3 is 19.7 Å². The first-order chi connectivity index (χ1) is 14.7. The van der Waals surface area contributed by atoms with Gasteiger partial charge in [-0.1, -0.05) is 36.4 Å². The summed E-state index contributed by atoms with van der Waals surface area (Å²) in [5.41, 5.74) is 2.05. The van der Waals surface area contributed by atoms with Crippen molar-refractivity contribution in [2.24, 2.45) is 10.9 Å². The lowest BCUT2D eigenvalue weighted by molar-refractivity contribution is -0.149. The number of esters is 1. The van der Waals surface area contributed by atoms with Crippen molar-refractivity contribution in [3.63, 3.8) is 0 Å². The number of benzene rings is 1. The molecule has 1 N–H and O–H groups in total. The average Bonchev–Trinajstić information content (AvgIpc) is 2.80. The van der Waals surface area contributed by atoms with Crippen LogP contribution in [0, 0.1) is 5.92 Å². The Kier molecular flexibility index (Phi) is 8.06. The normalized spacial score (nSPS) is 16.8. The van der Waals surface area contributed by atoms with E-state index in [-0.39, 0.29) is 11.9 Å². The molecule has 0 spiro atoms. The Labute approximate surface area is 178 Å². The highest BCUT2D eigenvalue weighted by Crippen LogP contribution is 2.19. The molecule has 7 heteroatoms. The van der Waals surface area contributed by atoms with Crippen LogP contribution in [0.25, 0.3) is 0 Å². The lowest BCUT2D eigenvalue weighted by Crippen LogP contribution is -2.48. The molecule has 0 saturated carbocycles. The molecule has 160 valence electrons. The second-order valence-electron chi connectivity index (χ2n) is 7.18. The second kappa shape index (κ2) is 11.2. The van der Waals surface area contributed by atoms with Crippen molar-refractivity contribution < 1.29 is 14.3 Å². The Hall–Kier alpha value is -3.09. The van der Waals surface area contributed by atoms with Crippen LogP contribution in [0.15, 0.2) is 53.7 Å². The molecule has 1 saturated heterocycles. The number of guanidine groups is 1. The molecule has 0 amide bonds. The monoisotopic (exact) mass is 410 g/mol. The summed E-state index contributed by atoms with van der Waals surface area (Å²) in [6.07, 6.45) is 3.52. The third-order valence-electron chi connectivity index (χ3n) is 5.06. The summed E-state index contributed by atoms with van der Waals surface area (Å²) in [4.78, 5) is 23.0. The van der Waals surface area contributed by atoms with Gasteiger partial charge in [0.2, 0.25) is 5.88 Å². The fourth-order valence-corrected chi connectivity index (χ4v) is 3.54. The fraction of sp³-hybridized carbons (Fsp3) is 0.435. The molecule has 3 rings (SSSR count). The number of piperidine rings is 1. The Bertz CT molecular complexity index is 841. The van der Waals surface area contributed by atoms with E-state index in [9.17, 15) is 4.79 Å². The Morgan fingerprint density at radius 2 is 2.10 bits per heavy atom. The number of hydrogen-bond acceptors (Lipinski definition) is 5. The topological polar surface area (TPSA) is 76.0 Å². The van der Waals surface area contributed by atoms with Gasteiger partial charge in [0.1, 0.15) is 6.61 Å². The molecule has 0 bridgehead atoms. The summed E-state index contributed by atoms with van der Waals surface area (Å²) >= 11 is 0. The maximum Gasteiger partial charge on any atom is 0.310 e. The summed E-state index contributed by atoms with van der Waals surface area (Å²) < 4.78 is 11.1. The molecule has 1 aromatic heterocycles. The number of likely N-dealkylation sites (tertiary alicyclic amines) is 1. The number of hydrogen-bond donors (Lipinski definition) is 1. The fourth-order valence-electron chi connectivity index (χ4n) is 3.54. The number of pyridine rings is 1. The highest BCUT2D eigenvalue weighted by atomic mass is 16.5. The highest BCUT2D eigenvalue weighted by Gasteiger charge is 2.28. The lowest BCUT2D eigenvalue weighted by Gasteiger charge is -2.34. The van der Waals surface area contributed by atoms with Gasteiger partial charge in [-0.2, -0.15) is 0 Å². The molecule has 7 nitrogen and oxygen atoms in total. The van der Waals surface area contributed by atoms with Crippen LogP contribution < -0.4 is 10.1 Å². The summed E-state index contributed by atoms with van der Waals surface area (Å²) in [5.74, 6) is 1.14. The summed E-state index contributed by atoms with van der Waals surface area (Å²) in [7, 11) is 1.76. The van der Waals surface area contributed by atoms with Crippen LogP contribution in [0.5, 0.6) is 5.88 Å². The van der Waals surface area contributed by atoms with Crippen LogP contribution in [-0.2, 0) is 22.7 Å². The summed E-state index contributed by atoms with van der Waals surface area (Å²) in [6.45, 7) is 4.72. The maximum atomic E-state index is 12.1. The van der Waals surface area contributed by atoms with Gasteiger partial charge in [-0.25, -0.2) is 4.98 Å². The molecule has 1 unspecified atom stereocenters. The van der Waals surface area contributed by atoms with Crippen LogP contribution in [0.4, 0.5) is 0 Å². The number of carbonyl (C=O) groups excluding carboxylic acids is 1.